The summed E-state index contributed by atoms with van der Waals surface area (Å²) in [6.07, 6.45) is 21.3. The predicted molar refractivity (Wildman–Crippen MR) is 474 cm³/mol. The molecule has 1 unspecified atom stereocenters. The highest BCUT2D eigenvalue weighted by Crippen LogP contribution is 2.34. The maximum absolute atomic E-state index is 14.8. The molecule has 648 valence electrons. The average molecular weight is 1730 g/mol. The van der Waals surface area contributed by atoms with Crippen molar-refractivity contribution in [3.8, 4) is 17.1 Å². The van der Waals surface area contributed by atoms with E-state index in [0.29, 0.717) is 148 Å². The van der Waals surface area contributed by atoms with Crippen LogP contribution in [0.2, 0.25) is 5.15 Å². The second-order valence-corrected chi connectivity index (χ2v) is 33.6. The van der Waals surface area contributed by atoms with Gasteiger partial charge in [0.2, 0.25) is 0 Å². The van der Waals surface area contributed by atoms with Crippen LogP contribution in [-0.2, 0) is 9.47 Å². The van der Waals surface area contributed by atoms with Gasteiger partial charge < -0.3 is 51.0 Å². The number of pyridine rings is 8. The zero-order chi connectivity index (χ0) is 88.2. The van der Waals surface area contributed by atoms with E-state index < -0.39 is 34.8 Å². The van der Waals surface area contributed by atoms with Crippen molar-refractivity contribution in [2.45, 2.75) is 110 Å². The van der Waals surface area contributed by atoms with Crippen molar-refractivity contribution >= 4 is 119 Å². The fourth-order valence-corrected chi connectivity index (χ4v) is 15.3. The number of piperidine rings is 4. The lowest BCUT2D eigenvalue weighted by Gasteiger charge is -2.32. The number of rotatable bonds is 17. The van der Waals surface area contributed by atoms with E-state index >= 15 is 0 Å². The van der Waals surface area contributed by atoms with Crippen LogP contribution >= 0.6 is 11.6 Å². The summed E-state index contributed by atoms with van der Waals surface area (Å²) in [7, 11) is 0. The monoisotopic (exact) mass is 1730 g/mol. The number of hydrogen-bond donors (Lipinski definition) is 6. The quantitative estimate of drug-likeness (QED) is 0.0364. The van der Waals surface area contributed by atoms with Gasteiger partial charge in [0.1, 0.15) is 68.3 Å². The van der Waals surface area contributed by atoms with Gasteiger partial charge in [0, 0.05) is 170 Å². The van der Waals surface area contributed by atoms with Crippen molar-refractivity contribution in [1.82, 2.24) is 89.6 Å². The number of amides is 2. The minimum Gasteiger partial charge on any atom is -0.444 e. The number of aliphatic hydroxyl groups excluding tert-OH is 1. The molecule has 3 aromatic carbocycles. The van der Waals surface area contributed by atoms with E-state index in [1.807, 2.05) is 71.9 Å². The summed E-state index contributed by atoms with van der Waals surface area (Å²) in [5.41, 5.74) is 6.15. The highest BCUT2D eigenvalue weighted by molar-refractivity contribution is 6.30. The van der Waals surface area contributed by atoms with Crippen LogP contribution in [0.1, 0.15) is 136 Å². The number of benzene rings is 3. The summed E-state index contributed by atoms with van der Waals surface area (Å²) in [4.78, 5) is 102. The van der Waals surface area contributed by atoms with Crippen LogP contribution in [0, 0.1) is 41.1 Å². The summed E-state index contributed by atoms with van der Waals surface area (Å²) < 4.78 is 59.6. The highest BCUT2D eigenvalue weighted by atomic mass is 35.5. The van der Waals surface area contributed by atoms with Crippen molar-refractivity contribution < 1.29 is 51.7 Å². The molecular formula is C93H95ClF3N21O8. The summed E-state index contributed by atoms with van der Waals surface area (Å²) in [6.45, 7) is 16.5. The molecule has 126 heavy (non-hydrogen) atoms. The molecule has 29 nitrogen and oxygen atoms in total. The molecular weight excluding hydrogens is 1630 g/mol. The number of ether oxygens (including phenoxy) is 2. The normalized spacial score (nSPS) is 15.1. The number of carbonyl (C=O) groups excluding carboxylic acids is 5. The summed E-state index contributed by atoms with van der Waals surface area (Å²) in [5.74, 6) is -0.0500. The van der Waals surface area contributed by atoms with E-state index in [2.05, 4.69) is 81.8 Å². The van der Waals surface area contributed by atoms with Gasteiger partial charge in [-0.2, -0.15) is 15.3 Å². The van der Waals surface area contributed by atoms with Gasteiger partial charge in [-0.05, 0) is 228 Å². The van der Waals surface area contributed by atoms with Crippen molar-refractivity contribution in [2.24, 2.45) is 23.7 Å². The van der Waals surface area contributed by atoms with Crippen molar-refractivity contribution in [3.63, 3.8) is 0 Å². The Morgan fingerprint density at radius 1 is 0.429 bits per heavy atom. The molecule has 0 spiro atoms. The molecule has 4 aliphatic rings. The first-order valence-corrected chi connectivity index (χ1v) is 42.2. The van der Waals surface area contributed by atoms with E-state index in [9.17, 15) is 42.3 Å². The zero-order valence-electron chi connectivity index (χ0n) is 70.3. The van der Waals surface area contributed by atoms with Crippen LogP contribution < -0.4 is 26.6 Å². The van der Waals surface area contributed by atoms with Gasteiger partial charge in [0.05, 0.1) is 68.0 Å². The number of nitrogens with zero attached hydrogens (tertiary/aromatic N) is 16. The van der Waals surface area contributed by atoms with Gasteiger partial charge in [-0.1, -0.05) is 11.6 Å². The third-order valence-electron chi connectivity index (χ3n) is 21.9. The Morgan fingerprint density at radius 2 is 0.762 bits per heavy atom. The SMILES string of the molecule is CC(C)(C)OC(=O)N1CCC(C(=O)c2ccc3cnc(Cl)cc3n2)CC1.CC(C)(C)OC(=O)N1CCC(C(=O)c2ccc3cnc(Nc4ccc(-n5cccn5)cc4F)cc3n2)CC1.O=C(c1ccc2cnc(Nc3ccc(-n4cccn4)cc3F)cc2n1)C1CCNCC1.OC(c1ccc2cnc(Nc3ccc(-n4cccn4)cc3F)cc2n1)C1CCNCC1. The van der Waals surface area contributed by atoms with Gasteiger partial charge in [-0.25, -0.2) is 76.7 Å². The van der Waals surface area contributed by atoms with E-state index in [4.69, 9.17) is 21.1 Å². The predicted octanol–water partition coefficient (Wildman–Crippen LogP) is 17.3. The van der Waals surface area contributed by atoms with E-state index in [1.165, 1.54) is 18.2 Å². The molecule has 1 atom stereocenters. The second kappa shape index (κ2) is 39.1. The molecule has 4 aliphatic heterocycles. The summed E-state index contributed by atoms with van der Waals surface area (Å²) in [6, 6.07) is 41.1. The minimum atomic E-state index is -0.594. The molecule has 15 heterocycles. The zero-order valence-corrected chi connectivity index (χ0v) is 71.1. The Labute approximate surface area is 729 Å². The Bertz CT molecular complexity index is 6230. The number of Topliss-reactive ketones (excluding diaryl/α,β-unsaturated/α-hetero) is 3. The van der Waals surface area contributed by atoms with Crippen LogP contribution in [0.3, 0.4) is 0 Å². The number of nitrogens with one attached hydrogen (secondary N) is 5. The fraction of sp³-hybridized carbons (Fsp3) is 0.312. The first kappa shape index (κ1) is 87.3. The van der Waals surface area contributed by atoms with Gasteiger partial charge >= 0.3 is 12.2 Å². The average Bonchev–Trinajstić information content (AvgIpc) is 1.29. The third kappa shape index (κ3) is 22.1. The number of carbonyl (C=O) groups is 5. The molecule has 0 saturated carbocycles. The van der Waals surface area contributed by atoms with Crippen LogP contribution in [0.4, 0.5) is 57.3 Å². The summed E-state index contributed by atoms with van der Waals surface area (Å²) in [5, 5.41) is 42.3. The van der Waals surface area contributed by atoms with Gasteiger partial charge in [0.25, 0.3) is 0 Å². The first-order chi connectivity index (χ1) is 60.7. The van der Waals surface area contributed by atoms with E-state index in [0.717, 1.165) is 73.4 Å². The molecule has 33 heteroatoms. The van der Waals surface area contributed by atoms with Crippen LogP contribution in [-0.4, -0.2) is 177 Å². The van der Waals surface area contributed by atoms with Gasteiger partial charge in [0.15, 0.2) is 17.3 Å². The highest BCUT2D eigenvalue weighted by Gasteiger charge is 2.34. The molecule has 18 rings (SSSR count). The lowest BCUT2D eigenvalue weighted by Crippen LogP contribution is -2.43. The molecule has 14 aromatic rings. The van der Waals surface area contributed by atoms with E-state index in [-0.39, 0.29) is 58.9 Å². The van der Waals surface area contributed by atoms with Crippen LogP contribution in [0.15, 0.2) is 208 Å². The lowest BCUT2D eigenvalue weighted by atomic mass is 9.90. The van der Waals surface area contributed by atoms with Crippen molar-refractivity contribution in [1.29, 1.82) is 0 Å². The number of aromatic nitrogens is 14. The number of ketones is 3. The van der Waals surface area contributed by atoms with Crippen LogP contribution in [0.5, 0.6) is 0 Å². The third-order valence-corrected chi connectivity index (χ3v) is 22.1. The number of hydrogen-bond acceptors (Lipinski definition) is 24. The number of likely N-dealkylation sites (tertiary alicyclic amines) is 2. The van der Waals surface area contributed by atoms with Crippen molar-refractivity contribution in [3.05, 3.63) is 253 Å². The smallest absolute Gasteiger partial charge is 0.410 e. The van der Waals surface area contributed by atoms with Crippen molar-refractivity contribution in [2.75, 3.05) is 68.3 Å². The Hall–Kier alpha value is -13.6. The minimum absolute atomic E-state index is 0.00340. The standard InChI is InChI=1S/C28H29FN6O3.C23H23FN6O.C23H21FN6O.C19H22ClN3O3/c1-28(2,3)38-27(37)34-13-9-18(10-14-34)26(36)23-7-5-19-17-30-25(16-24(19)32-23)33-22-8-6-20(15-21(22)29)35-12-4-11-31-35;2*24-18-12-17(30-11-1-8-27-30)3-5-19(18)29-22-13-21-16(14-26-22)2-4-20(28-21)23(31)15-6-9-25-10-7-15;1-19(2,3)26-18(25)23-8-6-12(7-9-23)17(24)14-5-4-13-11-21-16(20)10-15(13)22-14/h4-8,11-12,15-18H,9-10,13-14H2,1-3H3,(H,30,33);1-5,8,11-15,23,25,31H,6-7,9-10H2,(H,26,29);1-5,8,11-15,25H,6-7,9-10H2,(H,26,29);4-5,10-12H,6-9H2,1-3H3. The molecule has 4 fully saturated rings. The number of anilines is 6. The number of aliphatic hydroxyl groups is 1. The molecule has 0 radical (unpaired) electrons. The van der Waals surface area contributed by atoms with E-state index in [1.54, 1.807) is 183 Å². The molecule has 4 saturated heterocycles. The van der Waals surface area contributed by atoms with Gasteiger partial charge in [-0.3, -0.25) is 14.4 Å². The molecule has 11 aromatic heterocycles. The fourth-order valence-electron chi connectivity index (χ4n) is 15.2. The largest absolute Gasteiger partial charge is 0.444 e. The molecule has 0 bridgehead atoms. The molecule has 6 N–H and O–H groups in total. The molecule has 2 amide bonds. The first-order valence-electron chi connectivity index (χ1n) is 41.8. The Morgan fingerprint density at radius 3 is 1.11 bits per heavy atom. The maximum atomic E-state index is 14.8. The van der Waals surface area contributed by atoms with Gasteiger partial charge in [-0.15, -0.1) is 0 Å². The maximum Gasteiger partial charge on any atom is 0.410 e. The topological polar surface area (TPSA) is 347 Å². The second-order valence-electron chi connectivity index (χ2n) is 33.2. The molecule has 0 aliphatic carbocycles. The Kier molecular flexibility index (Phi) is 27.1. The number of fused-ring (bicyclic) bond motifs is 4. The van der Waals surface area contributed by atoms with Crippen LogP contribution in [0.25, 0.3) is 60.7 Å². The lowest BCUT2D eigenvalue weighted by molar-refractivity contribution is 0.0175. The summed E-state index contributed by atoms with van der Waals surface area (Å²) >= 11 is 5.91. The Balaban J connectivity index is 0.000000131. The number of halogens is 4.